The van der Waals surface area contributed by atoms with E-state index in [1.54, 1.807) is 0 Å². The van der Waals surface area contributed by atoms with Crippen molar-refractivity contribution in [1.29, 1.82) is 0 Å². The van der Waals surface area contributed by atoms with Crippen LogP contribution in [0.5, 0.6) is 5.75 Å². The number of benzene rings is 3. The molecule has 1 heteroatoms. The molecule has 22 heavy (non-hydrogen) atoms. The molecule has 3 aromatic rings. The molecule has 0 radical (unpaired) electrons. The second-order valence-electron chi connectivity index (χ2n) is 5.52. The minimum atomic E-state index is 0.609. The molecule has 0 bridgehead atoms. The Balaban J connectivity index is 1.62. The second kappa shape index (κ2) is 6.95. The third-order valence-electron chi connectivity index (χ3n) is 3.83. The Morgan fingerprint density at radius 3 is 2.09 bits per heavy atom. The molecule has 0 spiro atoms. The van der Waals surface area contributed by atoms with Crippen molar-refractivity contribution in [1.82, 2.24) is 0 Å². The Morgan fingerprint density at radius 2 is 1.36 bits per heavy atom. The van der Waals surface area contributed by atoms with Crippen LogP contribution in [0.1, 0.15) is 22.3 Å². The SMILES string of the molecule is Cc1ccccc1Cc1ccc(OCc2ccccc2)cc1. The molecular weight excluding hydrogens is 268 g/mol. The summed E-state index contributed by atoms with van der Waals surface area (Å²) in [4.78, 5) is 0. The van der Waals surface area contributed by atoms with Crippen molar-refractivity contribution in [2.45, 2.75) is 20.0 Å². The van der Waals surface area contributed by atoms with E-state index >= 15 is 0 Å². The van der Waals surface area contributed by atoms with Crippen molar-refractivity contribution < 1.29 is 4.74 Å². The maximum atomic E-state index is 5.82. The van der Waals surface area contributed by atoms with Crippen molar-refractivity contribution in [3.63, 3.8) is 0 Å². The molecule has 0 N–H and O–H groups in total. The van der Waals surface area contributed by atoms with Gasteiger partial charge in [0.15, 0.2) is 0 Å². The van der Waals surface area contributed by atoms with Gasteiger partial charge in [-0.3, -0.25) is 0 Å². The lowest BCUT2D eigenvalue weighted by Gasteiger charge is -2.08. The van der Waals surface area contributed by atoms with Crippen molar-refractivity contribution in [3.8, 4) is 5.75 Å². The van der Waals surface area contributed by atoms with Crippen LogP contribution in [0.4, 0.5) is 0 Å². The molecule has 3 rings (SSSR count). The molecule has 0 aliphatic heterocycles. The maximum Gasteiger partial charge on any atom is 0.119 e. The predicted octanol–water partition coefficient (Wildman–Crippen LogP) is 5.16. The Morgan fingerprint density at radius 1 is 0.682 bits per heavy atom. The number of hydrogen-bond acceptors (Lipinski definition) is 1. The zero-order valence-electron chi connectivity index (χ0n) is 12.8. The smallest absolute Gasteiger partial charge is 0.119 e. The van der Waals surface area contributed by atoms with E-state index in [0.29, 0.717) is 6.61 Å². The van der Waals surface area contributed by atoms with Gasteiger partial charge in [0, 0.05) is 0 Å². The molecule has 1 nitrogen and oxygen atoms in total. The largest absolute Gasteiger partial charge is 0.489 e. The average molecular weight is 288 g/mol. The van der Waals surface area contributed by atoms with Crippen molar-refractivity contribution in [3.05, 3.63) is 101 Å². The molecule has 0 amide bonds. The molecule has 0 fully saturated rings. The van der Waals surface area contributed by atoms with Gasteiger partial charge in [-0.25, -0.2) is 0 Å². The monoisotopic (exact) mass is 288 g/mol. The zero-order chi connectivity index (χ0) is 15.2. The van der Waals surface area contributed by atoms with Crippen LogP contribution in [0.2, 0.25) is 0 Å². The van der Waals surface area contributed by atoms with Gasteiger partial charge in [0.25, 0.3) is 0 Å². The Kier molecular flexibility index (Phi) is 4.55. The summed E-state index contributed by atoms with van der Waals surface area (Å²) >= 11 is 0. The quantitative estimate of drug-likeness (QED) is 0.629. The zero-order valence-corrected chi connectivity index (χ0v) is 12.8. The summed E-state index contributed by atoms with van der Waals surface area (Å²) in [6, 6.07) is 27.2. The molecular formula is C21H20O. The Bertz CT molecular complexity index is 714. The van der Waals surface area contributed by atoms with Gasteiger partial charge in [-0.15, -0.1) is 0 Å². The first-order valence-corrected chi connectivity index (χ1v) is 7.61. The molecule has 0 saturated carbocycles. The summed E-state index contributed by atoms with van der Waals surface area (Å²) in [5, 5.41) is 0. The van der Waals surface area contributed by atoms with Crippen molar-refractivity contribution in [2.75, 3.05) is 0 Å². The fourth-order valence-corrected chi connectivity index (χ4v) is 2.47. The molecule has 0 aromatic heterocycles. The van der Waals surface area contributed by atoms with Crippen molar-refractivity contribution in [2.24, 2.45) is 0 Å². The molecule has 0 atom stereocenters. The van der Waals surface area contributed by atoms with Gasteiger partial charge < -0.3 is 4.74 Å². The van der Waals surface area contributed by atoms with Crippen LogP contribution in [-0.2, 0) is 13.0 Å². The average Bonchev–Trinajstić information content (AvgIpc) is 2.57. The van der Waals surface area contributed by atoms with Crippen molar-refractivity contribution >= 4 is 0 Å². The molecule has 0 aliphatic rings. The number of aryl methyl sites for hydroxylation is 1. The van der Waals surface area contributed by atoms with E-state index in [4.69, 9.17) is 4.74 Å². The van der Waals surface area contributed by atoms with Gasteiger partial charge in [-0.2, -0.15) is 0 Å². The predicted molar refractivity (Wildman–Crippen MR) is 91.2 cm³/mol. The molecule has 0 unspecified atom stereocenters. The third-order valence-corrected chi connectivity index (χ3v) is 3.83. The fraction of sp³-hybridized carbons (Fsp3) is 0.143. The highest BCUT2D eigenvalue weighted by atomic mass is 16.5. The van der Waals surface area contributed by atoms with Crippen LogP contribution >= 0.6 is 0 Å². The lowest BCUT2D eigenvalue weighted by atomic mass is 10.0. The topological polar surface area (TPSA) is 9.23 Å². The van der Waals surface area contributed by atoms with Crippen LogP contribution in [0, 0.1) is 6.92 Å². The second-order valence-corrected chi connectivity index (χ2v) is 5.52. The van der Waals surface area contributed by atoms with Crippen LogP contribution < -0.4 is 4.74 Å². The van der Waals surface area contributed by atoms with E-state index in [9.17, 15) is 0 Å². The standard InChI is InChI=1S/C21H20O/c1-17-7-5-6-10-20(17)15-18-11-13-21(14-12-18)22-16-19-8-3-2-4-9-19/h2-14H,15-16H2,1H3. The lowest BCUT2D eigenvalue weighted by Crippen LogP contribution is -1.96. The van der Waals surface area contributed by atoms with Gasteiger partial charge in [-0.1, -0.05) is 66.7 Å². The van der Waals surface area contributed by atoms with Crippen LogP contribution in [0.3, 0.4) is 0 Å². The number of ether oxygens (including phenoxy) is 1. The summed E-state index contributed by atoms with van der Waals surface area (Å²) in [5.41, 5.74) is 5.21. The molecule has 110 valence electrons. The normalized spacial score (nSPS) is 10.4. The van der Waals surface area contributed by atoms with Gasteiger partial charge in [-0.05, 0) is 47.7 Å². The van der Waals surface area contributed by atoms with E-state index < -0.39 is 0 Å². The molecule has 0 heterocycles. The van der Waals surface area contributed by atoms with E-state index in [-0.39, 0.29) is 0 Å². The van der Waals surface area contributed by atoms with Gasteiger partial charge in [0.2, 0.25) is 0 Å². The highest BCUT2D eigenvalue weighted by Gasteiger charge is 2.01. The number of rotatable bonds is 5. The first-order chi connectivity index (χ1) is 10.8. The molecule has 0 saturated heterocycles. The summed E-state index contributed by atoms with van der Waals surface area (Å²) in [6.45, 7) is 2.77. The van der Waals surface area contributed by atoms with Gasteiger partial charge >= 0.3 is 0 Å². The first kappa shape index (κ1) is 14.4. The maximum absolute atomic E-state index is 5.82. The Hall–Kier alpha value is -2.54. The van der Waals surface area contributed by atoms with Gasteiger partial charge in [0.05, 0.1) is 0 Å². The van der Waals surface area contributed by atoms with E-state index in [0.717, 1.165) is 12.2 Å². The first-order valence-electron chi connectivity index (χ1n) is 7.61. The third kappa shape index (κ3) is 3.76. The summed E-state index contributed by atoms with van der Waals surface area (Å²) in [6.07, 6.45) is 0.964. The van der Waals surface area contributed by atoms with Crippen LogP contribution in [0.15, 0.2) is 78.9 Å². The summed E-state index contributed by atoms with van der Waals surface area (Å²) in [5.74, 6) is 0.914. The molecule has 3 aromatic carbocycles. The highest BCUT2D eigenvalue weighted by molar-refractivity contribution is 5.34. The van der Waals surface area contributed by atoms with Crippen LogP contribution in [0.25, 0.3) is 0 Å². The number of hydrogen-bond donors (Lipinski definition) is 0. The molecule has 0 aliphatic carbocycles. The van der Waals surface area contributed by atoms with E-state index in [1.165, 1.54) is 22.3 Å². The minimum Gasteiger partial charge on any atom is -0.489 e. The summed E-state index contributed by atoms with van der Waals surface area (Å²) in [7, 11) is 0. The Labute approximate surface area is 132 Å². The van der Waals surface area contributed by atoms with Crippen LogP contribution in [-0.4, -0.2) is 0 Å². The minimum absolute atomic E-state index is 0.609. The fourth-order valence-electron chi connectivity index (χ4n) is 2.47. The highest BCUT2D eigenvalue weighted by Crippen LogP contribution is 2.18. The van der Waals surface area contributed by atoms with Gasteiger partial charge in [0.1, 0.15) is 12.4 Å². The summed E-state index contributed by atoms with van der Waals surface area (Å²) < 4.78 is 5.82. The van der Waals surface area contributed by atoms with E-state index in [1.807, 2.05) is 18.2 Å². The lowest BCUT2D eigenvalue weighted by molar-refractivity contribution is 0.306. The van der Waals surface area contributed by atoms with E-state index in [2.05, 4.69) is 67.6 Å².